The molecule has 4 nitrogen and oxygen atoms in total. The fraction of sp³-hybridized carbons (Fsp3) is 0.188. The van der Waals surface area contributed by atoms with Gasteiger partial charge in [-0.15, -0.1) is 0 Å². The zero-order valence-electron chi connectivity index (χ0n) is 12.0. The fourth-order valence-electron chi connectivity index (χ4n) is 2.44. The van der Waals surface area contributed by atoms with E-state index in [4.69, 9.17) is 21.1 Å². The molecule has 23 heavy (non-hydrogen) atoms. The third-order valence-corrected chi connectivity index (χ3v) is 4.28. The molecule has 1 heterocycles. The first-order valence-electron chi connectivity index (χ1n) is 6.77. The van der Waals surface area contributed by atoms with Crippen molar-refractivity contribution in [3.05, 3.63) is 51.2 Å². The molecule has 1 N–H and O–H groups in total. The van der Waals surface area contributed by atoms with E-state index in [0.717, 1.165) is 5.56 Å². The highest BCUT2D eigenvalue weighted by Crippen LogP contribution is 2.35. The SMILES string of the molecule is COc1c(Br)cc(F)cc1NC(=O)[C@@H]1Cc2cc(Cl)ccc2O1. The van der Waals surface area contributed by atoms with Crippen molar-refractivity contribution in [2.24, 2.45) is 0 Å². The molecule has 0 unspecified atom stereocenters. The summed E-state index contributed by atoms with van der Waals surface area (Å²) in [5, 5.41) is 3.23. The molecule has 1 atom stereocenters. The monoisotopic (exact) mass is 399 g/mol. The highest BCUT2D eigenvalue weighted by Gasteiger charge is 2.30. The average Bonchev–Trinajstić information content (AvgIpc) is 2.90. The number of nitrogens with one attached hydrogen (secondary N) is 1. The third kappa shape index (κ3) is 3.28. The van der Waals surface area contributed by atoms with Crippen LogP contribution < -0.4 is 14.8 Å². The van der Waals surface area contributed by atoms with Gasteiger partial charge in [0, 0.05) is 17.5 Å². The Kier molecular flexibility index (Phi) is 4.46. The fourth-order valence-corrected chi connectivity index (χ4v) is 3.23. The average molecular weight is 401 g/mol. The van der Waals surface area contributed by atoms with E-state index in [-0.39, 0.29) is 11.6 Å². The number of benzene rings is 2. The maximum Gasteiger partial charge on any atom is 0.265 e. The minimum Gasteiger partial charge on any atom is -0.493 e. The van der Waals surface area contributed by atoms with Crippen LogP contribution in [0.15, 0.2) is 34.8 Å². The summed E-state index contributed by atoms with van der Waals surface area (Å²) in [5.41, 5.74) is 1.10. The molecular weight excluding hydrogens is 389 g/mol. The molecule has 0 fully saturated rings. The smallest absolute Gasteiger partial charge is 0.265 e. The lowest BCUT2D eigenvalue weighted by Gasteiger charge is -2.15. The van der Waals surface area contributed by atoms with Crippen molar-refractivity contribution in [1.29, 1.82) is 0 Å². The van der Waals surface area contributed by atoms with E-state index in [1.165, 1.54) is 19.2 Å². The van der Waals surface area contributed by atoms with Crippen LogP contribution in [0.2, 0.25) is 5.02 Å². The minimum absolute atomic E-state index is 0.238. The summed E-state index contributed by atoms with van der Waals surface area (Å²) in [6.45, 7) is 0. The van der Waals surface area contributed by atoms with Gasteiger partial charge in [0.15, 0.2) is 11.9 Å². The summed E-state index contributed by atoms with van der Waals surface area (Å²) in [4.78, 5) is 12.4. The van der Waals surface area contributed by atoms with Crippen molar-refractivity contribution in [2.75, 3.05) is 12.4 Å². The van der Waals surface area contributed by atoms with Crippen molar-refractivity contribution in [1.82, 2.24) is 0 Å². The number of amides is 1. The van der Waals surface area contributed by atoms with E-state index >= 15 is 0 Å². The zero-order valence-corrected chi connectivity index (χ0v) is 14.4. The van der Waals surface area contributed by atoms with Crippen LogP contribution in [0, 0.1) is 5.82 Å². The maximum atomic E-state index is 13.5. The number of ether oxygens (including phenoxy) is 2. The van der Waals surface area contributed by atoms with Gasteiger partial charge in [-0.3, -0.25) is 4.79 Å². The first-order valence-corrected chi connectivity index (χ1v) is 7.94. The summed E-state index contributed by atoms with van der Waals surface area (Å²) in [5.74, 6) is 0.101. The Labute approximate surface area is 145 Å². The van der Waals surface area contributed by atoms with Gasteiger partial charge in [-0.1, -0.05) is 11.6 Å². The van der Waals surface area contributed by atoms with Gasteiger partial charge in [0.25, 0.3) is 5.91 Å². The molecular formula is C16H12BrClFNO3. The van der Waals surface area contributed by atoms with Gasteiger partial charge < -0.3 is 14.8 Å². The van der Waals surface area contributed by atoms with Gasteiger partial charge in [0.05, 0.1) is 17.3 Å². The van der Waals surface area contributed by atoms with E-state index < -0.39 is 11.9 Å². The van der Waals surface area contributed by atoms with Crippen molar-refractivity contribution in [3.63, 3.8) is 0 Å². The van der Waals surface area contributed by atoms with E-state index in [1.807, 2.05) is 0 Å². The molecule has 0 bridgehead atoms. The predicted molar refractivity (Wildman–Crippen MR) is 88.9 cm³/mol. The van der Waals surface area contributed by atoms with Crippen molar-refractivity contribution in [3.8, 4) is 11.5 Å². The molecule has 120 valence electrons. The van der Waals surface area contributed by atoms with Crippen LogP contribution >= 0.6 is 27.5 Å². The maximum absolute atomic E-state index is 13.5. The number of hydrogen-bond donors (Lipinski definition) is 1. The van der Waals surface area contributed by atoms with Crippen molar-refractivity contribution >= 4 is 39.1 Å². The van der Waals surface area contributed by atoms with Crippen LogP contribution in [-0.2, 0) is 11.2 Å². The highest BCUT2D eigenvalue weighted by molar-refractivity contribution is 9.10. The molecule has 0 saturated heterocycles. The molecule has 0 radical (unpaired) electrons. The Morgan fingerprint density at radius 1 is 1.43 bits per heavy atom. The lowest BCUT2D eigenvalue weighted by atomic mass is 10.1. The molecule has 0 saturated carbocycles. The second-order valence-corrected chi connectivity index (χ2v) is 6.31. The van der Waals surface area contributed by atoms with Gasteiger partial charge in [-0.25, -0.2) is 4.39 Å². The van der Waals surface area contributed by atoms with E-state index in [0.29, 0.717) is 27.4 Å². The second kappa shape index (κ2) is 6.37. The predicted octanol–water partition coefficient (Wildman–Crippen LogP) is 4.19. The zero-order chi connectivity index (χ0) is 16.6. The van der Waals surface area contributed by atoms with Crippen molar-refractivity contribution in [2.45, 2.75) is 12.5 Å². The number of carbonyl (C=O) groups excluding carboxylic acids is 1. The topological polar surface area (TPSA) is 47.6 Å². The van der Waals surface area contributed by atoms with Crippen LogP contribution in [0.1, 0.15) is 5.56 Å². The van der Waals surface area contributed by atoms with Crippen LogP contribution in [0.3, 0.4) is 0 Å². The normalized spacial score (nSPS) is 15.7. The summed E-state index contributed by atoms with van der Waals surface area (Å²) in [6, 6.07) is 7.65. The quantitative estimate of drug-likeness (QED) is 0.840. The number of hydrogen-bond acceptors (Lipinski definition) is 3. The van der Waals surface area contributed by atoms with Gasteiger partial charge in [0.1, 0.15) is 11.6 Å². The first kappa shape index (κ1) is 16.1. The van der Waals surface area contributed by atoms with Gasteiger partial charge in [0.2, 0.25) is 0 Å². The number of halogens is 3. The van der Waals surface area contributed by atoms with Crippen LogP contribution in [0.4, 0.5) is 10.1 Å². The molecule has 0 aliphatic carbocycles. The van der Waals surface area contributed by atoms with Crippen LogP contribution in [-0.4, -0.2) is 19.1 Å². The summed E-state index contributed by atoms with van der Waals surface area (Å²) in [7, 11) is 1.44. The van der Waals surface area contributed by atoms with E-state index in [9.17, 15) is 9.18 Å². The summed E-state index contributed by atoms with van der Waals surface area (Å²) < 4.78 is 24.8. The molecule has 1 amide bonds. The highest BCUT2D eigenvalue weighted by atomic mass is 79.9. The summed E-state index contributed by atoms with van der Waals surface area (Å²) in [6.07, 6.45) is -0.296. The van der Waals surface area contributed by atoms with Crippen LogP contribution in [0.25, 0.3) is 0 Å². The van der Waals surface area contributed by atoms with E-state index in [2.05, 4.69) is 21.2 Å². The number of anilines is 1. The Balaban J connectivity index is 1.79. The van der Waals surface area contributed by atoms with Gasteiger partial charge in [-0.2, -0.15) is 0 Å². The lowest BCUT2D eigenvalue weighted by Crippen LogP contribution is -2.31. The molecule has 1 aliphatic heterocycles. The minimum atomic E-state index is -0.699. The second-order valence-electron chi connectivity index (χ2n) is 5.02. The molecule has 1 aliphatic rings. The lowest BCUT2D eigenvalue weighted by molar-refractivity contribution is -0.122. The molecule has 0 spiro atoms. The van der Waals surface area contributed by atoms with Gasteiger partial charge >= 0.3 is 0 Å². The number of fused-ring (bicyclic) bond motifs is 1. The standard InChI is InChI=1S/C16H12BrClFNO3/c1-22-15-11(17)6-10(19)7-12(15)20-16(21)14-5-8-4-9(18)2-3-13(8)23-14/h2-4,6-7,14H,5H2,1H3,(H,20,21)/t14-/m0/s1. The van der Waals surface area contributed by atoms with Crippen molar-refractivity contribution < 1.29 is 18.7 Å². The molecule has 7 heteroatoms. The van der Waals surface area contributed by atoms with Crippen LogP contribution in [0.5, 0.6) is 11.5 Å². The number of rotatable bonds is 3. The first-order chi connectivity index (χ1) is 11.0. The van der Waals surface area contributed by atoms with Gasteiger partial charge in [-0.05, 0) is 45.8 Å². The third-order valence-electron chi connectivity index (χ3n) is 3.46. The number of carbonyl (C=O) groups is 1. The Morgan fingerprint density at radius 3 is 2.96 bits per heavy atom. The number of methoxy groups -OCH3 is 1. The largest absolute Gasteiger partial charge is 0.493 e. The molecule has 2 aromatic rings. The summed E-state index contributed by atoms with van der Waals surface area (Å²) >= 11 is 9.14. The molecule has 0 aromatic heterocycles. The molecule has 3 rings (SSSR count). The Hall–Kier alpha value is -1.79. The Bertz CT molecular complexity index is 784. The Morgan fingerprint density at radius 2 is 2.22 bits per heavy atom. The molecule has 2 aromatic carbocycles. The van der Waals surface area contributed by atoms with E-state index in [1.54, 1.807) is 18.2 Å².